The molecule has 1 saturated heterocycles. The van der Waals surface area contributed by atoms with Gasteiger partial charge in [-0.15, -0.1) is 11.3 Å². The van der Waals surface area contributed by atoms with E-state index < -0.39 is 0 Å². The van der Waals surface area contributed by atoms with Gasteiger partial charge in [0.05, 0.1) is 18.3 Å². The molecular weight excluding hydrogens is 450 g/mol. The molecule has 0 saturated carbocycles. The number of amides is 1. The van der Waals surface area contributed by atoms with Crippen LogP contribution in [0.4, 0.5) is 11.4 Å². The molecule has 5 N–H and O–H groups in total. The van der Waals surface area contributed by atoms with Gasteiger partial charge in [0.2, 0.25) is 0 Å². The predicted molar refractivity (Wildman–Crippen MR) is 136 cm³/mol. The van der Waals surface area contributed by atoms with Crippen molar-refractivity contribution in [3.8, 4) is 5.75 Å². The Labute approximate surface area is 203 Å². The van der Waals surface area contributed by atoms with E-state index in [0.717, 1.165) is 51.6 Å². The van der Waals surface area contributed by atoms with Crippen molar-refractivity contribution in [3.63, 3.8) is 0 Å². The van der Waals surface area contributed by atoms with Crippen LogP contribution in [0.3, 0.4) is 0 Å². The van der Waals surface area contributed by atoms with Gasteiger partial charge in [0.1, 0.15) is 22.1 Å². The number of aryl methyl sites for hydroxylation is 2. The first-order valence-electron chi connectivity index (χ1n) is 11.6. The van der Waals surface area contributed by atoms with Gasteiger partial charge in [-0.3, -0.25) is 4.79 Å². The van der Waals surface area contributed by atoms with Crippen LogP contribution >= 0.6 is 11.3 Å². The minimum atomic E-state index is -0.179. The molecule has 2 aliphatic heterocycles. The fourth-order valence-corrected chi connectivity index (χ4v) is 6.16. The third-order valence-electron chi connectivity index (χ3n) is 6.76. The summed E-state index contributed by atoms with van der Waals surface area (Å²) in [7, 11) is 1.71. The van der Waals surface area contributed by atoms with E-state index in [1.54, 1.807) is 7.11 Å². The van der Waals surface area contributed by atoms with Gasteiger partial charge in [0.15, 0.2) is 0 Å². The topological polar surface area (TPSA) is 116 Å². The number of carbonyl (C=O) groups is 1. The number of pyridine rings is 1. The number of nitrogens with one attached hydrogen (secondary N) is 1. The molecule has 34 heavy (non-hydrogen) atoms. The molecule has 0 aliphatic carbocycles. The minimum Gasteiger partial charge on any atom is -0.491 e. The Hall–Kier alpha value is -2.88. The number of nitrogens with zero attached hydrogens (tertiary/aromatic N) is 2. The summed E-state index contributed by atoms with van der Waals surface area (Å²) in [5.41, 5.74) is 17.3. The molecule has 0 radical (unpaired) electrons. The number of benzene rings is 1. The fraction of sp³-hybridized carbons (Fsp3) is 0.440. The number of nitrogen functional groups attached to an aromatic ring is 1. The molecule has 0 unspecified atom stereocenters. The summed E-state index contributed by atoms with van der Waals surface area (Å²) in [6, 6.07) is 8.23. The molecule has 0 spiro atoms. The summed E-state index contributed by atoms with van der Waals surface area (Å²) in [6.45, 7) is 6.69. The molecule has 180 valence electrons. The van der Waals surface area contributed by atoms with Crippen LogP contribution in [0.5, 0.6) is 5.75 Å². The zero-order chi connectivity index (χ0) is 24.0. The zero-order valence-corrected chi connectivity index (χ0v) is 20.6. The Kier molecular flexibility index (Phi) is 6.09. The Bertz CT molecular complexity index is 1240. The Morgan fingerprint density at radius 1 is 1.32 bits per heavy atom. The second-order valence-corrected chi connectivity index (χ2v) is 10.4. The van der Waals surface area contributed by atoms with Gasteiger partial charge in [-0.1, -0.05) is 6.07 Å². The molecule has 8 nitrogen and oxygen atoms in total. The van der Waals surface area contributed by atoms with Crippen LogP contribution in [0.15, 0.2) is 24.3 Å². The molecule has 5 rings (SSSR count). The number of carbonyl (C=O) groups excluding carboxylic acids is 1. The Morgan fingerprint density at radius 3 is 2.94 bits per heavy atom. The zero-order valence-electron chi connectivity index (χ0n) is 19.8. The number of nitrogens with two attached hydrogens (primary N) is 2. The third-order valence-corrected chi connectivity index (χ3v) is 7.86. The molecule has 1 aromatic carbocycles. The second-order valence-electron chi connectivity index (χ2n) is 9.37. The molecule has 3 atom stereocenters. The average molecular weight is 482 g/mol. The van der Waals surface area contributed by atoms with Gasteiger partial charge in [-0.25, -0.2) is 4.98 Å². The summed E-state index contributed by atoms with van der Waals surface area (Å²) < 4.78 is 11.4. The highest BCUT2D eigenvalue weighted by Crippen LogP contribution is 2.36. The molecule has 0 bridgehead atoms. The van der Waals surface area contributed by atoms with Crippen molar-refractivity contribution in [2.45, 2.75) is 32.4 Å². The van der Waals surface area contributed by atoms with E-state index in [-0.39, 0.29) is 18.0 Å². The standard InChI is InChI=1S/C25H31N5O3S/c1-13-6-14(2)28-25-21(13)22(27)23(34-25)24(31)29-17-7-15-4-5-18(8-20(15)33-12-17)30-9-16(11-32-3)19(26)10-30/h4-6,8,16-17,19H,7,9-12,26-27H2,1-3H3,(H,29,31)/t16-,17-,19-/m1/s1. The van der Waals surface area contributed by atoms with E-state index in [1.807, 2.05) is 19.9 Å². The SMILES string of the molecule is COC[C@H]1CN(c2ccc3c(c2)OC[C@H](NC(=O)c2sc4nc(C)cc(C)c4c2N)C3)C[C@H]1N. The van der Waals surface area contributed by atoms with Crippen LogP contribution in [0.25, 0.3) is 10.2 Å². The van der Waals surface area contributed by atoms with Crippen LogP contribution in [0.1, 0.15) is 26.5 Å². The lowest BCUT2D eigenvalue weighted by atomic mass is 10.0. The second kappa shape index (κ2) is 9.05. The first-order valence-corrected chi connectivity index (χ1v) is 12.4. The quantitative estimate of drug-likeness (QED) is 0.513. The maximum atomic E-state index is 13.1. The molecule has 3 aromatic rings. The maximum absolute atomic E-state index is 13.1. The predicted octanol–water partition coefficient (Wildman–Crippen LogP) is 2.64. The molecule has 4 heterocycles. The van der Waals surface area contributed by atoms with Crippen molar-refractivity contribution in [3.05, 3.63) is 46.0 Å². The lowest BCUT2D eigenvalue weighted by molar-refractivity contribution is 0.0920. The van der Waals surface area contributed by atoms with Gasteiger partial charge < -0.3 is 31.2 Å². The highest BCUT2D eigenvalue weighted by Gasteiger charge is 2.31. The van der Waals surface area contributed by atoms with Crippen LogP contribution < -0.4 is 26.4 Å². The van der Waals surface area contributed by atoms with Gasteiger partial charge in [0, 0.05) is 55.0 Å². The first kappa shape index (κ1) is 22.9. The number of ether oxygens (including phenoxy) is 2. The van der Waals surface area contributed by atoms with Crippen LogP contribution in [-0.2, 0) is 11.2 Å². The number of thiophene rings is 1. The van der Waals surface area contributed by atoms with Crippen molar-refractivity contribution in [2.75, 3.05) is 44.0 Å². The summed E-state index contributed by atoms with van der Waals surface area (Å²) in [4.78, 5) is 21.2. The van der Waals surface area contributed by atoms with E-state index in [4.69, 9.17) is 20.9 Å². The number of methoxy groups -OCH3 is 1. The van der Waals surface area contributed by atoms with Crippen LogP contribution in [0, 0.1) is 19.8 Å². The molecule has 2 aliphatic rings. The van der Waals surface area contributed by atoms with E-state index in [1.165, 1.54) is 11.3 Å². The van der Waals surface area contributed by atoms with Crippen molar-refractivity contribution in [2.24, 2.45) is 11.7 Å². The van der Waals surface area contributed by atoms with Gasteiger partial charge >= 0.3 is 0 Å². The van der Waals surface area contributed by atoms with E-state index in [2.05, 4.69) is 33.4 Å². The van der Waals surface area contributed by atoms with Crippen LogP contribution in [-0.4, -0.2) is 56.4 Å². The Balaban J connectivity index is 1.28. The highest BCUT2D eigenvalue weighted by atomic mass is 32.1. The molecule has 9 heteroatoms. The minimum absolute atomic E-state index is 0.0979. The van der Waals surface area contributed by atoms with Crippen molar-refractivity contribution in [1.82, 2.24) is 10.3 Å². The van der Waals surface area contributed by atoms with Crippen molar-refractivity contribution in [1.29, 1.82) is 0 Å². The number of hydrogen-bond donors (Lipinski definition) is 3. The summed E-state index contributed by atoms with van der Waals surface area (Å²) in [5, 5.41) is 3.97. The monoisotopic (exact) mass is 481 g/mol. The summed E-state index contributed by atoms with van der Waals surface area (Å²) in [6.07, 6.45) is 0.703. The molecule has 2 aromatic heterocycles. The van der Waals surface area contributed by atoms with E-state index in [9.17, 15) is 4.79 Å². The number of fused-ring (bicyclic) bond motifs is 2. The van der Waals surface area contributed by atoms with Crippen molar-refractivity contribution < 1.29 is 14.3 Å². The van der Waals surface area contributed by atoms with Gasteiger partial charge in [0.25, 0.3) is 5.91 Å². The highest BCUT2D eigenvalue weighted by molar-refractivity contribution is 7.21. The Morgan fingerprint density at radius 2 is 2.15 bits per heavy atom. The van der Waals surface area contributed by atoms with Gasteiger partial charge in [-0.2, -0.15) is 0 Å². The van der Waals surface area contributed by atoms with E-state index >= 15 is 0 Å². The number of rotatable bonds is 5. The smallest absolute Gasteiger partial charge is 0.263 e. The third kappa shape index (κ3) is 4.19. The first-order chi connectivity index (χ1) is 16.3. The molecule has 1 fully saturated rings. The average Bonchev–Trinajstić information content (AvgIpc) is 3.33. The summed E-state index contributed by atoms with van der Waals surface area (Å²) in [5.74, 6) is 1.01. The number of anilines is 2. The maximum Gasteiger partial charge on any atom is 0.263 e. The van der Waals surface area contributed by atoms with Crippen LogP contribution in [0.2, 0.25) is 0 Å². The number of aromatic nitrogens is 1. The van der Waals surface area contributed by atoms with Crippen molar-refractivity contribution >= 4 is 38.8 Å². The number of hydrogen-bond acceptors (Lipinski definition) is 8. The largest absolute Gasteiger partial charge is 0.491 e. The summed E-state index contributed by atoms with van der Waals surface area (Å²) >= 11 is 1.34. The fourth-order valence-electron chi connectivity index (χ4n) is 5.04. The molecular formula is C25H31N5O3S. The van der Waals surface area contributed by atoms with Gasteiger partial charge in [-0.05, 0) is 43.5 Å². The molecule has 1 amide bonds. The normalized spacial score (nSPS) is 22.0. The lowest BCUT2D eigenvalue weighted by Gasteiger charge is -2.28. The lowest BCUT2D eigenvalue weighted by Crippen LogP contribution is -2.42. The van der Waals surface area contributed by atoms with E-state index in [0.29, 0.717) is 36.1 Å².